The van der Waals surface area contributed by atoms with Crippen LogP contribution in [0.4, 0.5) is 0 Å². The van der Waals surface area contributed by atoms with Crippen LogP contribution >= 0.6 is 0 Å². The summed E-state index contributed by atoms with van der Waals surface area (Å²) < 4.78 is 0. The maximum Gasteiger partial charge on any atom is 0.149 e. The molecule has 1 heterocycles. The van der Waals surface area contributed by atoms with Gasteiger partial charge >= 0.3 is 0 Å². The maximum atomic E-state index is 6.25. The number of hydrogen-bond donors (Lipinski definition) is 1. The molecule has 1 saturated carbocycles. The lowest BCUT2D eigenvalue weighted by Crippen LogP contribution is -2.22. The highest BCUT2D eigenvalue weighted by Gasteiger charge is 2.43. The SMILES string of the molecule is Cc1cc(-c2ccc3c(c2)CCC3)nc(C2(N)CC2)n1. The average Bonchev–Trinajstić information content (AvgIpc) is 3.03. The Hall–Kier alpha value is -1.74. The quantitative estimate of drug-likeness (QED) is 0.908. The maximum absolute atomic E-state index is 6.25. The monoisotopic (exact) mass is 265 g/mol. The van der Waals surface area contributed by atoms with Crippen molar-refractivity contribution < 1.29 is 0 Å². The van der Waals surface area contributed by atoms with E-state index in [1.54, 1.807) is 0 Å². The van der Waals surface area contributed by atoms with Crippen LogP contribution < -0.4 is 5.73 Å². The molecular weight excluding hydrogens is 246 g/mol. The molecule has 3 heteroatoms. The van der Waals surface area contributed by atoms with Crippen molar-refractivity contribution in [3.8, 4) is 11.3 Å². The average molecular weight is 265 g/mol. The molecule has 102 valence electrons. The van der Waals surface area contributed by atoms with Gasteiger partial charge in [-0.2, -0.15) is 0 Å². The van der Waals surface area contributed by atoms with Crippen LogP contribution in [-0.4, -0.2) is 9.97 Å². The Labute approximate surface area is 119 Å². The second kappa shape index (κ2) is 4.13. The van der Waals surface area contributed by atoms with Gasteiger partial charge in [0.15, 0.2) is 0 Å². The van der Waals surface area contributed by atoms with Gasteiger partial charge in [-0.3, -0.25) is 0 Å². The standard InChI is InChI=1S/C17H19N3/c1-11-9-15(20-16(19-11)17(18)7-8-17)14-6-5-12-3-2-4-13(12)10-14/h5-6,9-10H,2-4,7-8,18H2,1H3. The number of aryl methyl sites for hydroxylation is 3. The van der Waals surface area contributed by atoms with Gasteiger partial charge < -0.3 is 5.73 Å². The van der Waals surface area contributed by atoms with Crippen LogP contribution in [0.25, 0.3) is 11.3 Å². The van der Waals surface area contributed by atoms with Gasteiger partial charge in [-0.15, -0.1) is 0 Å². The van der Waals surface area contributed by atoms with Gasteiger partial charge in [0.25, 0.3) is 0 Å². The Morgan fingerprint density at radius 3 is 2.65 bits per heavy atom. The second-order valence-electron chi connectivity index (χ2n) is 6.21. The third-order valence-electron chi connectivity index (χ3n) is 4.48. The summed E-state index contributed by atoms with van der Waals surface area (Å²) in [5.41, 5.74) is 12.2. The van der Waals surface area contributed by atoms with Crippen molar-refractivity contribution in [1.29, 1.82) is 0 Å². The van der Waals surface area contributed by atoms with E-state index in [-0.39, 0.29) is 5.54 Å². The third-order valence-corrected chi connectivity index (χ3v) is 4.48. The fraction of sp³-hybridized carbons (Fsp3) is 0.412. The van der Waals surface area contributed by atoms with Crippen molar-refractivity contribution in [3.63, 3.8) is 0 Å². The Balaban J connectivity index is 1.80. The molecule has 20 heavy (non-hydrogen) atoms. The molecule has 0 saturated heterocycles. The van der Waals surface area contributed by atoms with Gasteiger partial charge in [0.1, 0.15) is 5.82 Å². The number of rotatable bonds is 2. The number of nitrogens with zero attached hydrogens (tertiary/aromatic N) is 2. The van der Waals surface area contributed by atoms with Crippen LogP contribution in [0.15, 0.2) is 24.3 Å². The summed E-state index contributed by atoms with van der Waals surface area (Å²) in [6.45, 7) is 2.02. The minimum absolute atomic E-state index is 0.266. The molecule has 4 rings (SSSR count). The Morgan fingerprint density at radius 2 is 1.85 bits per heavy atom. The predicted molar refractivity (Wildman–Crippen MR) is 79.3 cm³/mol. The molecule has 1 aromatic carbocycles. The molecule has 0 unspecified atom stereocenters. The zero-order valence-corrected chi connectivity index (χ0v) is 11.8. The fourth-order valence-corrected chi connectivity index (χ4v) is 3.03. The first-order valence-electron chi connectivity index (χ1n) is 7.41. The molecular formula is C17H19N3. The van der Waals surface area contributed by atoms with E-state index in [4.69, 9.17) is 10.7 Å². The van der Waals surface area contributed by atoms with E-state index >= 15 is 0 Å². The predicted octanol–water partition coefficient (Wildman–Crippen LogP) is 2.89. The van der Waals surface area contributed by atoms with Crippen LogP contribution in [0, 0.1) is 6.92 Å². The molecule has 1 fully saturated rings. The third kappa shape index (κ3) is 1.93. The molecule has 1 aromatic heterocycles. The van der Waals surface area contributed by atoms with Gasteiger partial charge in [-0.1, -0.05) is 12.1 Å². The van der Waals surface area contributed by atoms with Gasteiger partial charge in [0.05, 0.1) is 11.2 Å². The van der Waals surface area contributed by atoms with Crippen molar-refractivity contribution in [1.82, 2.24) is 9.97 Å². The fourth-order valence-electron chi connectivity index (χ4n) is 3.03. The molecule has 0 spiro atoms. The lowest BCUT2D eigenvalue weighted by atomic mass is 10.0. The molecule has 0 atom stereocenters. The number of hydrogen-bond acceptors (Lipinski definition) is 3. The van der Waals surface area contributed by atoms with Crippen LogP contribution in [-0.2, 0) is 18.4 Å². The number of aromatic nitrogens is 2. The molecule has 0 aliphatic heterocycles. The van der Waals surface area contributed by atoms with E-state index in [2.05, 4.69) is 29.2 Å². The van der Waals surface area contributed by atoms with Crippen molar-refractivity contribution >= 4 is 0 Å². The van der Waals surface area contributed by atoms with Crippen LogP contribution in [0.3, 0.4) is 0 Å². The Morgan fingerprint density at radius 1 is 1.05 bits per heavy atom. The Kier molecular flexibility index (Phi) is 2.48. The lowest BCUT2D eigenvalue weighted by molar-refractivity contribution is 0.669. The molecule has 0 amide bonds. The first-order chi connectivity index (χ1) is 9.64. The van der Waals surface area contributed by atoms with E-state index in [9.17, 15) is 0 Å². The van der Waals surface area contributed by atoms with E-state index in [1.165, 1.54) is 36.0 Å². The summed E-state index contributed by atoms with van der Waals surface area (Å²) in [6, 6.07) is 8.80. The summed E-state index contributed by atoms with van der Waals surface area (Å²) in [6.07, 6.45) is 5.69. The summed E-state index contributed by atoms with van der Waals surface area (Å²) >= 11 is 0. The van der Waals surface area contributed by atoms with Crippen molar-refractivity contribution in [2.24, 2.45) is 5.73 Å². The van der Waals surface area contributed by atoms with E-state index in [0.717, 1.165) is 30.1 Å². The summed E-state index contributed by atoms with van der Waals surface area (Å²) in [7, 11) is 0. The normalized spacial score (nSPS) is 18.9. The number of fused-ring (bicyclic) bond motifs is 1. The molecule has 2 aromatic rings. The summed E-state index contributed by atoms with van der Waals surface area (Å²) in [5.74, 6) is 0.813. The molecule has 0 bridgehead atoms. The minimum Gasteiger partial charge on any atom is -0.319 e. The zero-order valence-electron chi connectivity index (χ0n) is 11.8. The molecule has 2 aliphatic rings. The molecule has 0 radical (unpaired) electrons. The van der Waals surface area contributed by atoms with Gasteiger partial charge in [-0.05, 0) is 62.3 Å². The Bertz CT molecular complexity index is 687. The molecule has 3 nitrogen and oxygen atoms in total. The highest BCUT2D eigenvalue weighted by atomic mass is 15.0. The van der Waals surface area contributed by atoms with E-state index < -0.39 is 0 Å². The molecule has 2 aliphatic carbocycles. The van der Waals surface area contributed by atoms with Gasteiger partial charge in [0.2, 0.25) is 0 Å². The van der Waals surface area contributed by atoms with E-state index in [0.29, 0.717) is 0 Å². The zero-order chi connectivity index (χ0) is 13.7. The van der Waals surface area contributed by atoms with Crippen molar-refractivity contribution in [3.05, 3.63) is 46.9 Å². The highest BCUT2D eigenvalue weighted by molar-refractivity contribution is 5.62. The first kappa shape index (κ1) is 12.0. The van der Waals surface area contributed by atoms with Crippen molar-refractivity contribution in [2.45, 2.75) is 44.6 Å². The second-order valence-corrected chi connectivity index (χ2v) is 6.21. The smallest absolute Gasteiger partial charge is 0.149 e. The highest BCUT2D eigenvalue weighted by Crippen LogP contribution is 2.41. The molecule has 2 N–H and O–H groups in total. The summed E-state index contributed by atoms with van der Waals surface area (Å²) in [4.78, 5) is 9.26. The van der Waals surface area contributed by atoms with Crippen LogP contribution in [0.5, 0.6) is 0 Å². The van der Waals surface area contributed by atoms with E-state index in [1.807, 2.05) is 6.92 Å². The number of benzene rings is 1. The van der Waals surface area contributed by atoms with Gasteiger partial charge in [-0.25, -0.2) is 9.97 Å². The van der Waals surface area contributed by atoms with Crippen LogP contribution in [0.1, 0.15) is 41.9 Å². The van der Waals surface area contributed by atoms with Crippen molar-refractivity contribution in [2.75, 3.05) is 0 Å². The summed E-state index contributed by atoms with van der Waals surface area (Å²) in [5, 5.41) is 0. The minimum atomic E-state index is -0.266. The first-order valence-corrected chi connectivity index (χ1v) is 7.41. The van der Waals surface area contributed by atoms with Crippen LogP contribution in [0.2, 0.25) is 0 Å². The largest absolute Gasteiger partial charge is 0.319 e. The van der Waals surface area contributed by atoms with Gasteiger partial charge in [0, 0.05) is 11.3 Å². The lowest BCUT2D eigenvalue weighted by Gasteiger charge is -2.11. The topological polar surface area (TPSA) is 51.8 Å². The number of nitrogens with two attached hydrogens (primary N) is 1.